The number of halogens is 1. The van der Waals surface area contributed by atoms with Gasteiger partial charge in [-0.3, -0.25) is 9.59 Å². The molecule has 1 aromatic heterocycles. The lowest BCUT2D eigenvalue weighted by atomic mass is 10.0. The topological polar surface area (TPSA) is 65.1 Å². The molecule has 2 aromatic carbocycles. The molecule has 0 atom stereocenters. The zero-order valence-electron chi connectivity index (χ0n) is 13.7. The van der Waals surface area contributed by atoms with Gasteiger partial charge in [0.2, 0.25) is 0 Å². The van der Waals surface area contributed by atoms with E-state index >= 15 is 0 Å². The van der Waals surface area contributed by atoms with Crippen molar-refractivity contribution in [2.45, 2.75) is 19.4 Å². The highest BCUT2D eigenvalue weighted by Gasteiger charge is 2.31. The number of carbonyl (C=O) groups is 1. The number of hydrogen-bond donors (Lipinski definition) is 1. The molecule has 0 saturated heterocycles. The first kappa shape index (κ1) is 17.4. The standard InChI is InChI=1S/C20H18N2O2.ClH/c21-11-5-6-12-22-18-14-8-2-3-9-15(14)19(23)17(18)13-7-1-4-10-16(13)20(22)24;/h1-4,7-10H,5-6,11-12,21H2;1H. The minimum atomic E-state index is -0.0362. The predicted octanol–water partition coefficient (Wildman–Crippen LogP) is 3.37. The van der Waals surface area contributed by atoms with Crippen molar-refractivity contribution in [2.24, 2.45) is 5.73 Å². The molecule has 2 N–H and O–H groups in total. The zero-order valence-corrected chi connectivity index (χ0v) is 14.5. The van der Waals surface area contributed by atoms with Crippen LogP contribution in [0, 0.1) is 0 Å². The van der Waals surface area contributed by atoms with Crippen LogP contribution in [0.15, 0.2) is 53.3 Å². The van der Waals surface area contributed by atoms with Gasteiger partial charge in [-0.25, -0.2) is 0 Å². The Morgan fingerprint density at radius 2 is 1.48 bits per heavy atom. The highest BCUT2D eigenvalue weighted by atomic mass is 35.5. The summed E-state index contributed by atoms with van der Waals surface area (Å²) in [5.41, 5.74) is 8.50. The van der Waals surface area contributed by atoms with Crippen molar-refractivity contribution in [2.75, 3.05) is 6.54 Å². The Kier molecular flexibility index (Phi) is 4.75. The summed E-state index contributed by atoms with van der Waals surface area (Å²) in [4.78, 5) is 26.0. The zero-order chi connectivity index (χ0) is 16.7. The van der Waals surface area contributed by atoms with Crippen molar-refractivity contribution >= 4 is 29.0 Å². The number of rotatable bonds is 4. The monoisotopic (exact) mass is 354 g/mol. The molecule has 3 aromatic rings. The molecule has 5 heteroatoms. The summed E-state index contributed by atoms with van der Waals surface area (Å²) in [6.45, 7) is 1.17. The highest BCUT2D eigenvalue weighted by molar-refractivity contribution is 6.26. The first-order valence-corrected chi connectivity index (χ1v) is 8.23. The third kappa shape index (κ3) is 2.58. The fraction of sp³-hybridized carbons (Fsp3) is 0.200. The molecule has 128 valence electrons. The largest absolute Gasteiger partial charge is 0.330 e. The molecule has 0 fully saturated rings. The van der Waals surface area contributed by atoms with Gasteiger partial charge in [-0.05, 0) is 25.5 Å². The molecule has 1 heterocycles. The Balaban J connectivity index is 0.00000182. The average Bonchev–Trinajstić information content (AvgIpc) is 2.91. The van der Waals surface area contributed by atoms with Gasteiger partial charge in [-0.15, -0.1) is 12.4 Å². The van der Waals surface area contributed by atoms with Crippen molar-refractivity contribution in [3.63, 3.8) is 0 Å². The molecule has 0 bridgehead atoms. The lowest BCUT2D eigenvalue weighted by molar-refractivity contribution is 0.104. The van der Waals surface area contributed by atoms with E-state index in [-0.39, 0.29) is 23.7 Å². The molecule has 4 rings (SSSR count). The molecule has 1 aliphatic carbocycles. The third-order valence-electron chi connectivity index (χ3n) is 4.67. The van der Waals surface area contributed by atoms with E-state index in [1.807, 2.05) is 42.5 Å². The van der Waals surface area contributed by atoms with Crippen LogP contribution in [0.4, 0.5) is 0 Å². The number of fused-ring (bicyclic) bond motifs is 5. The van der Waals surface area contributed by atoms with Crippen LogP contribution in [0.1, 0.15) is 28.8 Å². The minimum Gasteiger partial charge on any atom is -0.330 e. The lowest BCUT2D eigenvalue weighted by Gasteiger charge is -2.14. The summed E-state index contributed by atoms with van der Waals surface area (Å²) in [6.07, 6.45) is 1.67. The molecule has 0 amide bonds. The second-order valence-corrected chi connectivity index (χ2v) is 6.10. The van der Waals surface area contributed by atoms with Crippen LogP contribution in [-0.4, -0.2) is 16.9 Å². The van der Waals surface area contributed by atoms with Crippen molar-refractivity contribution in [3.05, 3.63) is 70.0 Å². The van der Waals surface area contributed by atoms with E-state index in [9.17, 15) is 9.59 Å². The SMILES string of the molecule is Cl.NCCCCn1c2c(c3ccccc3c1=O)C(=O)c1ccccc1-2. The van der Waals surface area contributed by atoms with Crippen LogP contribution in [0.3, 0.4) is 0 Å². The van der Waals surface area contributed by atoms with E-state index in [1.54, 1.807) is 10.6 Å². The number of benzene rings is 2. The van der Waals surface area contributed by atoms with Crippen LogP contribution in [0.2, 0.25) is 0 Å². The van der Waals surface area contributed by atoms with Gasteiger partial charge in [-0.2, -0.15) is 0 Å². The second-order valence-electron chi connectivity index (χ2n) is 6.10. The Morgan fingerprint density at radius 3 is 2.20 bits per heavy atom. The number of pyridine rings is 1. The Morgan fingerprint density at radius 1 is 0.840 bits per heavy atom. The maximum atomic E-state index is 13.0. The van der Waals surface area contributed by atoms with E-state index < -0.39 is 0 Å². The van der Waals surface area contributed by atoms with Gasteiger partial charge in [0, 0.05) is 28.4 Å². The Labute approximate surface area is 151 Å². The molecule has 0 spiro atoms. The average molecular weight is 355 g/mol. The first-order valence-electron chi connectivity index (χ1n) is 8.23. The fourth-order valence-corrected chi connectivity index (χ4v) is 3.56. The molecule has 4 nitrogen and oxygen atoms in total. The lowest BCUT2D eigenvalue weighted by Crippen LogP contribution is -2.23. The molecule has 0 unspecified atom stereocenters. The molecular formula is C20H19ClN2O2. The summed E-state index contributed by atoms with van der Waals surface area (Å²) in [7, 11) is 0. The van der Waals surface area contributed by atoms with Crippen LogP contribution in [-0.2, 0) is 6.54 Å². The molecule has 0 aliphatic heterocycles. The summed E-state index contributed by atoms with van der Waals surface area (Å²) in [6, 6.07) is 14.9. The number of unbranched alkanes of at least 4 members (excludes halogenated alkanes) is 1. The number of ketones is 1. The van der Waals surface area contributed by atoms with E-state index in [1.165, 1.54) is 0 Å². The predicted molar refractivity (Wildman–Crippen MR) is 103 cm³/mol. The van der Waals surface area contributed by atoms with Gasteiger partial charge in [0.25, 0.3) is 5.56 Å². The summed E-state index contributed by atoms with van der Waals surface area (Å²) >= 11 is 0. The van der Waals surface area contributed by atoms with Crippen molar-refractivity contribution in [3.8, 4) is 11.3 Å². The van der Waals surface area contributed by atoms with Gasteiger partial charge >= 0.3 is 0 Å². The van der Waals surface area contributed by atoms with Gasteiger partial charge in [-0.1, -0.05) is 42.5 Å². The quantitative estimate of drug-likeness (QED) is 0.571. The molecule has 0 saturated carbocycles. The highest BCUT2D eigenvalue weighted by Crippen LogP contribution is 2.39. The second kappa shape index (κ2) is 6.82. The van der Waals surface area contributed by atoms with Gasteiger partial charge < -0.3 is 10.3 Å². The minimum absolute atomic E-state index is 0. The third-order valence-corrected chi connectivity index (χ3v) is 4.67. The van der Waals surface area contributed by atoms with Crippen LogP contribution in [0.5, 0.6) is 0 Å². The van der Waals surface area contributed by atoms with Gasteiger partial charge in [0.1, 0.15) is 0 Å². The number of carbonyl (C=O) groups excluding carboxylic acids is 1. The number of nitrogens with zero attached hydrogens (tertiary/aromatic N) is 1. The maximum Gasteiger partial charge on any atom is 0.258 e. The normalized spacial score (nSPS) is 12.0. The van der Waals surface area contributed by atoms with Crippen LogP contribution in [0.25, 0.3) is 22.0 Å². The van der Waals surface area contributed by atoms with Crippen molar-refractivity contribution in [1.82, 2.24) is 4.57 Å². The Hall–Kier alpha value is -2.43. The van der Waals surface area contributed by atoms with Crippen LogP contribution < -0.4 is 11.3 Å². The molecule has 0 radical (unpaired) electrons. The molecular weight excluding hydrogens is 336 g/mol. The first-order chi connectivity index (χ1) is 11.7. The smallest absolute Gasteiger partial charge is 0.258 e. The van der Waals surface area contributed by atoms with Crippen molar-refractivity contribution in [1.29, 1.82) is 0 Å². The maximum absolute atomic E-state index is 13.0. The van der Waals surface area contributed by atoms with Crippen molar-refractivity contribution < 1.29 is 4.79 Å². The summed E-state index contributed by atoms with van der Waals surface area (Å²) in [5, 5.41) is 1.35. The van der Waals surface area contributed by atoms with E-state index in [0.29, 0.717) is 29.6 Å². The number of nitrogens with two attached hydrogens (primary N) is 1. The Bertz CT molecular complexity index is 1020. The number of aromatic nitrogens is 1. The fourth-order valence-electron chi connectivity index (χ4n) is 3.56. The summed E-state index contributed by atoms with van der Waals surface area (Å²) < 4.78 is 1.76. The molecule has 25 heavy (non-hydrogen) atoms. The van der Waals surface area contributed by atoms with E-state index in [0.717, 1.165) is 29.5 Å². The van der Waals surface area contributed by atoms with Gasteiger partial charge in [0.15, 0.2) is 5.78 Å². The van der Waals surface area contributed by atoms with E-state index in [4.69, 9.17) is 5.73 Å². The van der Waals surface area contributed by atoms with Gasteiger partial charge in [0.05, 0.1) is 11.3 Å². The number of hydrogen-bond acceptors (Lipinski definition) is 3. The molecule has 1 aliphatic rings. The van der Waals surface area contributed by atoms with Crippen LogP contribution >= 0.6 is 12.4 Å². The summed E-state index contributed by atoms with van der Waals surface area (Å²) in [5.74, 6) is 0.00405. The van der Waals surface area contributed by atoms with E-state index in [2.05, 4.69) is 0 Å².